The molecule has 0 aromatic heterocycles. The van der Waals surface area contributed by atoms with Gasteiger partial charge in [0.2, 0.25) is 0 Å². The number of ether oxygens (including phenoxy) is 9. The Morgan fingerprint density at radius 3 is 1.82 bits per heavy atom. The van der Waals surface area contributed by atoms with Crippen molar-refractivity contribution in [1.82, 2.24) is 0 Å². The quantitative estimate of drug-likeness (QED) is 0.0335. The zero-order valence-electron chi connectivity index (χ0n) is 49.3. The van der Waals surface area contributed by atoms with Crippen molar-refractivity contribution in [2.24, 2.45) is 50.2 Å². The summed E-state index contributed by atoms with van der Waals surface area (Å²) in [6, 6.07) is 0. The van der Waals surface area contributed by atoms with Gasteiger partial charge < -0.3 is 124 Å². The van der Waals surface area contributed by atoms with E-state index in [4.69, 9.17) is 42.6 Å². The Hall–Kier alpha value is -2.50. The molecule has 9 aliphatic rings. The van der Waals surface area contributed by atoms with E-state index in [0.29, 0.717) is 37.7 Å². The van der Waals surface area contributed by atoms with Gasteiger partial charge in [-0.15, -0.1) is 0 Å². The molecule has 4 aliphatic heterocycles. The number of esters is 1. The van der Waals surface area contributed by atoms with Crippen LogP contribution in [-0.2, 0) is 52.2 Å². The predicted molar refractivity (Wildman–Crippen MR) is 286 cm³/mol. The number of fused-ring (bicyclic) bond motifs is 7. The molecule has 486 valence electrons. The van der Waals surface area contributed by atoms with Crippen LogP contribution in [0.5, 0.6) is 0 Å². The number of carbonyl (C=O) groups is 2. The molecule has 4 saturated heterocycles. The number of allylic oxidation sites excluding steroid dienone is 3. The van der Waals surface area contributed by atoms with E-state index in [-0.39, 0.29) is 24.7 Å². The van der Waals surface area contributed by atoms with Gasteiger partial charge in [-0.1, -0.05) is 59.3 Å². The van der Waals surface area contributed by atoms with Gasteiger partial charge in [0.15, 0.2) is 37.6 Å². The summed E-state index contributed by atoms with van der Waals surface area (Å²) >= 11 is 0. The number of hydrogen-bond acceptors (Lipinski definition) is 26. The summed E-state index contributed by atoms with van der Waals surface area (Å²) in [5.41, 5.74) is -3.96. The molecule has 0 aromatic rings. The molecule has 0 spiro atoms. The van der Waals surface area contributed by atoms with Crippen molar-refractivity contribution in [3.8, 4) is 0 Å². The van der Waals surface area contributed by atoms with E-state index in [2.05, 4.69) is 26.8 Å². The van der Waals surface area contributed by atoms with Crippen LogP contribution in [0.4, 0.5) is 0 Å². The molecule has 16 N–H and O–H groups in total. The number of aliphatic hydroxyl groups is 15. The number of hydrogen-bond donors (Lipinski definition) is 16. The lowest BCUT2D eigenvalue weighted by Crippen LogP contribution is -2.72. The van der Waals surface area contributed by atoms with E-state index in [1.165, 1.54) is 0 Å². The average Bonchev–Trinajstić information content (AvgIpc) is 0.680. The molecule has 0 bridgehead atoms. The fraction of sp³-hybridized carbons (Fsp3) is 0.897. The number of aliphatic hydroxyl groups excluding tert-OH is 15. The highest BCUT2D eigenvalue weighted by Gasteiger charge is 2.74. The summed E-state index contributed by atoms with van der Waals surface area (Å²) in [4.78, 5) is 26.6. The zero-order chi connectivity index (χ0) is 62.6. The first-order chi connectivity index (χ1) is 39.8. The van der Waals surface area contributed by atoms with Crippen LogP contribution < -0.4 is 0 Å². The topological polar surface area (TPSA) is 441 Å². The second kappa shape index (κ2) is 24.6. The number of aliphatic carboxylic acids is 1. The highest BCUT2D eigenvalue weighted by Crippen LogP contribution is 2.76. The maximum Gasteiger partial charge on any atom is 0.335 e. The van der Waals surface area contributed by atoms with Gasteiger partial charge in [-0.2, -0.15) is 0 Å². The molecule has 9 rings (SSSR count). The van der Waals surface area contributed by atoms with Gasteiger partial charge in [0, 0.05) is 17.4 Å². The SMILES string of the molecule is CC=C(C)C(=O)OC1C(O)C(C)(C)CC2C3=CCC4C5(C)CCC(OC6OC(C(=O)O)C(O)C(OC7OC(O)C(O)CC7OC7OC(CO)C(O)C(O)C7O)C6OC6OC(CO)C(O)C(O)C6O)C(C)(CO)C5CCC4(C)C3(C)CC(O)C21CO. The molecule has 4 heterocycles. The minimum absolute atomic E-state index is 0.110. The summed E-state index contributed by atoms with van der Waals surface area (Å²) in [7, 11) is 0. The molecule has 4 saturated carbocycles. The Morgan fingerprint density at radius 1 is 0.659 bits per heavy atom. The Bertz CT molecular complexity index is 2440. The van der Waals surface area contributed by atoms with Gasteiger partial charge in [-0.3, -0.25) is 0 Å². The highest BCUT2D eigenvalue weighted by atomic mass is 16.8. The van der Waals surface area contributed by atoms with Gasteiger partial charge in [-0.05, 0) is 98.2 Å². The van der Waals surface area contributed by atoms with Crippen LogP contribution in [0.2, 0.25) is 0 Å². The Kier molecular flexibility index (Phi) is 19.4. The van der Waals surface area contributed by atoms with Crippen LogP contribution in [-0.4, -0.2) is 261 Å². The number of rotatable bonds is 15. The fourth-order valence-corrected chi connectivity index (χ4v) is 17.1. The third-order valence-corrected chi connectivity index (χ3v) is 22.5. The summed E-state index contributed by atoms with van der Waals surface area (Å²) in [5.74, 6) is -3.39. The lowest BCUT2D eigenvalue weighted by molar-refractivity contribution is -0.408. The molecule has 0 aromatic carbocycles. The minimum atomic E-state index is -2.29. The standard InChI is InChI=1S/C58H92O27/c1-9-23(2)47(75)84-45-44(72)53(3,4)17-25-24-10-11-31-54(5)14-13-33(55(6,21-61)30(54)12-15-56(31,7)57(24,8)18-32(64)58(25,45)22-62)80-52-43(83-51-39(70)37(68)35(66)29(20-60)79-51)41(40(71)42(82-52)46(73)74)81-49-27(16-26(63)48(76)85-49)77-50-38(69)36(67)34(65)28(19-59)78-50/h9-10,25-45,48-52,59-72,76H,11-22H2,1-8H3,(H,73,74). The minimum Gasteiger partial charge on any atom is -0.479 e. The molecule has 31 unspecified atom stereocenters. The van der Waals surface area contributed by atoms with Crippen LogP contribution in [0.3, 0.4) is 0 Å². The largest absolute Gasteiger partial charge is 0.479 e. The first kappa shape index (κ1) is 66.9. The van der Waals surface area contributed by atoms with Crippen LogP contribution in [0.15, 0.2) is 23.3 Å². The van der Waals surface area contributed by atoms with E-state index in [0.717, 1.165) is 5.57 Å². The molecule has 0 amide bonds. The molecule has 27 heteroatoms. The molecule has 0 radical (unpaired) electrons. The second-order valence-corrected chi connectivity index (χ2v) is 27.3. The number of carbonyl (C=O) groups excluding carboxylic acids is 1. The van der Waals surface area contributed by atoms with Crippen LogP contribution >= 0.6 is 0 Å². The van der Waals surface area contributed by atoms with Crippen molar-refractivity contribution >= 4 is 11.9 Å². The number of carboxylic acid groups (broad SMARTS) is 1. The zero-order valence-corrected chi connectivity index (χ0v) is 49.3. The monoisotopic (exact) mass is 1220 g/mol. The van der Waals surface area contributed by atoms with Gasteiger partial charge >= 0.3 is 11.9 Å². The summed E-state index contributed by atoms with van der Waals surface area (Å²) in [6.07, 6.45) is -35.4. The molecule has 8 fully saturated rings. The maximum absolute atomic E-state index is 13.5. The third-order valence-electron chi connectivity index (χ3n) is 22.5. The second-order valence-electron chi connectivity index (χ2n) is 27.3. The Morgan fingerprint density at radius 2 is 1.26 bits per heavy atom. The highest BCUT2D eigenvalue weighted by molar-refractivity contribution is 5.87. The number of carboxylic acids is 1. The van der Waals surface area contributed by atoms with E-state index in [1.807, 2.05) is 20.8 Å². The van der Waals surface area contributed by atoms with Crippen molar-refractivity contribution in [2.45, 2.75) is 248 Å². The lowest BCUT2D eigenvalue weighted by atomic mass is 9.33. The first-order valence-electron chi connectivity index (χ1n) is 29.7. The van der Waals surface area contributed by atoms with Crippen molar-refractivity contribution in [3.63, 3.8) is 0 Å². The molecular formula is C58H92O27. The van der Waals surface area contributed by atoms with E-state index < -0.39 is 225 Å². The predicted octanol–water partition coefficient (Wildman–Crippen LogP) is -3.08. The first-order valence-corrected chi connectivity index (χ1v) is 29.7. The van der Waals surface area contributed by atoms with Gasteiger partial charge in [-0.25, -0.2) is 9.59 Å². The normalized spacial score (nSPS) is 52.6. The van der Waals surface area contributed by atoms with Gasteiger partial charge in [0.1, 0.15) is 85.5 Å². The summed E-state index contributed by atoms with van der Waals surface area (Å²) in [6.45, 7) is 12.6. The van der Waals surface area contributed by atoms with Gasteiger partial charge in [0.25, 0.3) is 0 Å². The van der Waals surface area contributed by atoms with E-state index >= 15 is 0 Å². The van der Waals surface area contributed by atoms with E-state index in [9.17, 15) is 91.3 Å². The lowest BCUT2D eigenvalue weighted by Gasteiger charge is -2.72. The van der Waals surface area contributed by atoms with Crippen molar-refractivity contribution in [2.75, 3.05) is 26.4 Å². The molecule has 31 atom stereocenters. The van der Waals surface area contributed by atoms with Crippen molar-refractivity contribution < 1.29 is 134 Å². The fourth-order valence-electron chi connectivity index (χ4n) is 17.1. The molecule has 85 heavy (non-hydrogen) atoms. The van der Waals surface area contributed by atoms with Crippen molar-refractivity contribution in [1.29, 1.82) is 0 Å². The Labute approximate surface area is 492 Å². The summed E-state index contributed by atoms with van der Waals surface area (Å²) in [5, 5.41) is 177. The third kappa shape index (κ3) is 10.9. The smallest absolute Gasteiger partial charge is 0.335 e. The molecule has 5 aliphatic carbocycles. The summed E-state index contributed by atoms with van der Waals surface area (Å²) < 4.78 is 54.6. The van der Waals surface area contributed by atoms with Crippen molar-refractivity contribution in [3.05, 3.63) is 23.3 Å². The molecular weight excluding hydrogens is 1130 g/mol. The average molecular weight is 1220 g/mol. The van der Waals surface area contributed by atoms with E-state index in [1.54, 1.807) is 19.9 Å². The van der Waals surface area contributed by atoms with Crippen LogP contribution in [0, 0.1) is 50.2 Å². The Balaban J connectivity index is 1.05. The molecule has 27 nitrogen and oxygen atoms in total. The van der Waals surface area contributed by atoms with Gasteiger partial charge in [0.05, 0.1) is 50.2 Å². The van der Waals surface area contributed by atoms with Crippen LogP contribution in [0.1, 0.15) is 107 Å². The maximum atomic E-state index is 13.5. The van der Waals surface area contributed by atoms with Crippen LogP contribution in [0.25, 0.3) is 0 Å².